The highest BCUT2D eigenvalue weighted by atomic mass is 79.9. The van der Waals surface area contributed by atoms with Crippen molar-refractivity contribution < 1.29 is 14.5 Å². The van der Waals surface area contributed by atoms with Crippen LogP contribution < -0.4 is 0 Å². The highest BCUT2D eigenvalue weighted by Gasteiger charge is 2.47. The van der Waals surface area contributed by atoms with Gasteiger partial charge in [-0.2, -0.15) is 0 Å². The van der Waals surface area contributed by atoms with Crippen LogP contribution in [0, 0.1) is 17.0 Å². The number of carbonyl (C=O) groups excluding carboxylic acids is 2. The average Bonchev–Trinajstić information content (AvgIpc) is 3.17. The highest BCUT2D eigenvalue weighted by molar-refractivity contribution is 9.10. The van der Waals surface area contributed by atoms with Crippen molar-refractivity contribution in [1.29, 1.82) is 0 Å². The van der Waals surface area contributed by atoms with Crippen LogP contribution in [0.15, 0.2) is 46.9 Å². The number of benzene rings is 2. The van der Waals surface area contributed by atoms with Gasteiger partial charge in [0.15, 0.2) is 0 Å². The van der Waals surface area contributed by atoms with Gasteiger partial charge in [0, 0.05) is 52.6 Å². The molecule has 4 rings (SSSR count). The number of nitro benzene ring substituents is 1. The van der Waals surface area contributed by atoms with Crippen LogP contribution >= 0.6 is 27.7 Å². The summed E-state index contributed by atoms with van der Waals surface area (Å²) >= 11 is 5.19. The number of rotatable bonds is 3. The molecule has 1 spiro atoms. The van der Waals surface area contributed by atoms with Crippen LogP contribution in [0.4, 0.5) is 5.69 Å². The number of hydrogen-bond acceptors (Lipinski definition) is 5. The van der Waals surface area contributed by atoms with E-state index in [-0.39, 0.29) is 22.4 Å². The number of thioether (sulfide) groups is 1. The third-order valence-corrected chi connectivity index (χ3v) is 8.08. The first-order chi connectivity index (χ1) is 14.8. The zero-order valence-electron chi connectivity index (χ0n) is 17.0. The van der Waals surface area contributed by atoms with Crippen molar-refractivity contribution in [3.8, 4) is 0 Å². The molecule has 162 valence electrons. The molecule has 0 bridgehead atoms. The fourth-order valence-electron chi connectivity index (χ4n) is 4.24. The molecule has 2 aliphatic heterocycles. The van der Waals surface area contributed by atoms with Crippen molar-refractivity contribution in [3.63, 3.8) is 0 Å². The molecule has 0 saturated carbocycles. The third kappa shape index (κ3) is 4.21. The Morgan fingerprint density at radius 1 is 1.03 bits per heavy atom. The Labute approximate surface area is 193 Å². The number of amides is 2. The van der Waals surface area contributed by atoms with Gasteiger partial charge >= 0.3 is 0 Å². The molecule has 0 atom stereocenters. The Bertz CT molecular complexity index is 1040. The summed E-state index contributed by atoms with van der Waals surface area (Å²) in [7, 11) is 0. The predicted octanol–water partition coefficient (Wildman–Crippen LogP) is 4.49. The van der Waals surface area contributed by atoms with Crippen LogP contribution in [0.5, 0.6) is 0 Å². The number of likely N-dealkylation sites (tertiary alicyclic amines) is 1. The summed E-state index contributed by atoms with van der Waals surface area (Å²) in [5.74, 6) is 0.693. The summed E-state index contributed by atoms with van der Waals surface area (Å²) in [5.41, 5.74) is 1.48. The Morgan fingerprint density at radius 3 is 2.32 bits per heavy atom. The average molecular weight is 504 g/mol. The lowest BCUT2D eigenvalue weighted by molar-refractivity contribution is -0.385. The predicted molar refractivity (Wildman–Crippen MR) is 123 cm³/mol. The fourth-order valence-corrected chi connectivity index (χ4v) is 5.96. The van der Waals surface area contributed by atoms with Crippen molar-refractivity contribution in [2.24, 2.45) is 0 Å². The zero-order valence-corrected chi connectivity index (χ0v) is 19.4. The van der Waals surface area contributed by atoms with E-state index in [0.717, 1.165) is 10.2 Å². The van der Waals surface area contributed by atoms with Gasteiger partial charge in [0.1, 0.15) is 0 Å². The van der Waals surface area contributed by atoms with Crippen LogP contribution in [-0.4, -0.2) is 56.8 Å². The molecule has 0 unspecified atom stereocenters. The molecule has 2 saturated heterocycles. The van der Waals surface area contributed by atoms with Crippen LogP contribution in [0.3, 0.4) is 0 Å². The molecule has 0 N–H and O–H groups in total. The van der Waals surface area contributed by atoms with Gasteiger partial charge in [0.2, 0.25) is 0 Å². The van der Waals surface area contributed by atoms with E-state index in [4.69, 9.17) is 0 Å². The maximum absolute atomic E-state index is 13.2. The second kappa shape index (κ2) is 8.63. The Kier molecular flexibility index (Phi) is 6.07. The van der Waals surface area contributed by atoms with Crippen LogP contribution in [0.2, 0.25) is 0 Å². The Hall–Kier alpha value is -2.39. The van der Waals surface area contributed by atoms with E-state index in [0.29, 0.717) is 49.2 Å². The number of piperidine rings is 1. The quantitative estimate of drug-likeness (QED) is 0.455. The molecular weight excluding hydrogens is 482 g/mol. The number of nitrogens with zero attached hydrogens (tertiary/aromatic N) is 3. The van der Waals surface area contributed by atoms with Gasteiger partial charge in [-0.15, -0.1) is 11.8 Å². The topological polar surface area (TPSA) is 83.8 Å². The maximum Gasteiger partial charge on any atom is 0.273 e. The van der Waals surface area contributed by atoms with E-state index in [2.05, 4.69) is 15.9 Å². The minimum atomic E-state index is -0.460. The normalized spacial score (nSPS) is 17.7. The number of aryl methyl sites for hydroxylation is 1. The van der Waals surface area contributed by atoms with Crippen molar-refractivity contribution >= 4 is 45.2 Å². The number of hydrogen-bond donors (Lipinski definition) is 0. The highest BCUT2D eigenvalue weighted by Crippen LogP contribution is 2.44. The molecule has 2 heterocycles. The monoisotopic (exact) mass is 503 g/mol. The van der Waals surface area contributed by atoms with Gasteiger partial charge in [0.05, 0.1) is 9.79 Å². The molecular formula is C22H22BrN3O4S. The lowest BCUT2D eigenvalue weighted by atomic mass is 9.99. The molecule has 2 aromatic carbocycles. The number of carbonyl (C=O) groups is 2. The van der Waals surface area contributed by atoms with Crippen molar-refractivity contribution in [1.82, 2.24) is 9.80 Å². The number of halogens is 1. The maximum atomic E-state index is 13.2. The summed E-state index contributed by atoms with van der Waals surface area (Å²) in [4.78, 5) is 40.3. The van der Waals surface area contributed by atoms with E-state index in [1.54, 1.807) is 35.7 Å². The second-order valence-electron chi connectivity index (χ2n) is 7.81. The van der Waals surface area contributed by atoms with E-state index < -0.39 is 4.92 Å². The lowest BCUT2D eigenvalue weighted by Crippen LogP contribution is -2.53. The van der Waals surface area contributed by atoms with Gasteiger partial charge in [-0.3, -0.25) is 19.7 Å². The van der Waals surface area contributed by atoms with Gasteiger partial charge in [0.25, 0.3) is 17.5 Å². The smallest absolute Gasteiger partial charge is 0.273 e. The molecule has 2 aliphatic rings. The summed E-state index contributed by atoms with van der Waals surface area (Å²) in [6.07, 6.45) is 1.36. The summed E-state index contributed by atoms with van der Waals surface area (Å²) in [6.45, 7) is 3.37. The number of nitro groups is 1. The second-order valence-corrected chi connectivity index (χ2v) is 10.2. The van der Waals surface area contributed by atoms with Crippen LogP contribution in [-0.2, 0) is 0 Å². The molecule has 0 aromatic heterocycles. The molecule has 7 nitrogen and oxygen atoms in total. The standard InChI is InChI=1S/C22H22BrN3O4S/c1-15-2-3-17(14-19(15)26(29)30)20(27)24-10-8-22(9-11-24)25(12-13-31-22)21(28)16-4-6-18(23)7-5-16/h2-7,14H,8-13H2,1H3. The molecule has 2 aromatic rings. The SMILES string of the molecule is Cc1ccc(C(=O)N2CCC3(CC2)SCCN3C(=O)c2ccc(Br)cc2)cc1[N+](=O)[O-]. The minimum Gasteiger partial charge on any atom is -0.338 e. The Balaban J connectivity index is 1.47. The van der Waals surface area contributed by atoms with E-state index >= 15 is 0 Å². The minimum absolute atomic E-state index is 0.0198. The van der Waals surface area contributed by atoms with E-state index in [9.17, 15) is 19.7 Å². The van der Waals surface area contributed by atoms with Gasteiger partial charge in [-0.1, -0.05) is 22.0 Å². The third-order valence-electron chi connectivity index (χ3n) is 6.00. The van der Waals surface area contributed by atoms with Gasteiger partial charge in [-0.05, 0) is 50.1 Å². The van der Waals surface area contributed by atoms with Crippen molar-refractivity contribution in [3.05, 3.63) is 73.7 Å². The molecule has 31 heavy (non-hydrogen) atoms. The van der Waals surface area contributed by atoms with E-state index in [1.165, 1.54) is 6.07 Å². The van der Waals surface area contributed by atoms with Gasteiger partial charge in [-0.25, -0.2) is 0 Å². The lowest BCUT2D eigenvalue weighted by Gasteiger charge is -2.44. The molecule has 2 amide bonds. The molecule has 0 aliphatic carbocycles. The first kappa shape index (κ1) is 21.8. The fraction of sp³-hybridized carbons (Fsp3) is 0.364. The largest absolute Gasteiger partial charge is 0.338 e. The summed E-state index contributed by atoms with van der Waals surface area (Å²) < 4.78 is 0.928. The molecule has 9 heteroatoms. The molecule has 2 fully saturated rings. The summed E-state index contributed by atoms with van der Waals surface area (Å²) in [5, 5.41) is 11.2. The first-order valence-corrected chi connectivity index (χ1v) is 11.8. The van der Waals surface area contributed by atoms with Crippen LogP contribution in [0.1, 0.15) is 39.1 Å². The van der Waals surface area contributed by atoms with Crippen molar-refractivity contribution in [2.45, 2.75) is 24.6 Å². The Morgan fingerprint density at radius 2 is 1.68 bits per heavy atom. The van der Waals surface area contributed by atoms with Gasteiger partial charge < -0.3 is 9.80 Å². The first-order valence-electron chi connectivity index (χ1n) is 10.1. The van der Waals surface area contributed by atoms with Crippen molar-refractivity contribution in [2.75, 3.05) is 25.4 Å². The van der Waals surface area contributed by atoms with E-state index in [1.807, 2.05) is 29.2 Å². The molecule has 0 radical (unpaired) electrons. The zero-order chi connectivity index (χ0) is 22.2. The van der Waals surface area contributed by atoms with Crippen LogP contribution in [0.25, 0.3) is 0 Å². The summed E-state index contributed by atoms with van der Waals surface area (Å²) in [6, 6.07) is 12.0.